The molecular formula is C14H23N3O. The van der Waals surface area contributed by atoms with Crippen LogP contribution in [0.3, 0.4) is 0 Å². The lowest BCUT2D eigenvalue weighted by molar-refractivity contribution is -0.122. The van der Waals surface area contributed by atoms with Crippen LogP contribution in [-0.4, -0.2) is 23.5 Å². The number of rotatable bonds is 7. The number of carbonyl (C=O) groups excluding carboxylic acids is 1. The van der Waals surface area contributed by atoms with Gasteiger partial charge in [-0.05, 0) is 31.9 Å². The zero-order chi connectivity index (χ0) is 13.4. The second-order valence-corrected chi connectivity index (χ2v) is 4.51. The van der Waals surface area contributed by atoms with E-state index in [0.717, 1.165) is 30.6 Å². The van der Waals surface area contributed by atoms with Crippen LogP contribution in [0.1, 0.15) is 37.9 Å². The molecule has 0 aliphatic rings. The third-order valence-electron chi connectivity index (χ3n) is 2.92. The van der Waals surface area contributed by atoms with Gasteiger partial charge in [-0.1, -0.05) is 19.4 Å². The Labute approximate surface area is 109 Å². The van der Waals surface area contributed by atoms with E-state index in [0.29, 0.717) is 6.54 Å². The highest BCUT2D eigenvalue weighted by Crippen LogP contribution is 2.02. The smallest absolute Gasteiger partial charge is 0.236 e. The minimum atomic E-state index is -0.191. The Balaban J connectivity index is 2.34. The summed E-state index contributed by atoms with van der Waals surface area (Å²) >= 11 is 0. The van der Waals surface area contributed by atoms with Gasteiger partial charge in [0.25, 0.3) is 0 Å². The van der Waals surface area contributed by atoms with Gasteiger partial charge in [-0.15, -0.1) is 0 Å². The Morgan fingerprint density at radius 3 is 2.94 bits per heavy atom. The van der Waals surface area contributed by atoms with Gasteiger partial charge in [0.05, 0.1) is 11.7 Å². The highest BCUT2D eigenvalue weighted by molar-refractivity contribution is 5.81. The van der Waals surface area contributed by atoms with Crippen LogP contribution in [0.4, 0.5) is 0 Å². The quantitative estimate of drug-likeness (QED) is 0.724. The van der Waals surface area contributed by atoms with E-state index in [-0.39, 0.29) is 11.9 Å². The molecule has 1 aromatic heterocycles. The topological polar surface area (TPSA) is 54.0 Å². The third kappa shape index (κ3) is 4.84. The summed E-state index contributed by atoms with van der Waals surface area (Å²) in [5.74, 6) is 0.0528. The zero-order valence-corrected chi connectivity index (χ0v) is 11.5. The number of aryl methyl sites for hydroxylation is 1. The van der Waals surface area contributed by atoms with Gasteiger partial charge < -0.3 is 10.6 Å². The highest BCUT2D eigenvalue weighted by atomic mass is 16.2. The summed E-state index contributed by atoms with van der Waals surface area (Å²) in [6.45, 7) is 7.38. The van der Waals surface area contributed by atoms with Crippen LogP contribution < -0.4 is 10.6 Å². The van der Waals surface area contributed by atoms with E-state index in [4.69, 9.17) is 0 Å². The summed E-state index contributed by atoms with van der Waals surface area (Å²) in [6.07, 6.45) is 3.89. The molecule has 2 N–H and O–H groups in total. The molecule has 0 aliphatic carbocycles. The molecule has 0 spiro atoms. The molecule has 4 heteroatoms. The van der Waals surface area contributed by atoms with Gasteiger partial charge >= 0.3 is 0 Å². The van der Waals surface area contributed by atoms with Gasteiger partial charge in [-0.25, -0.2) is 0 Å². The number of nitrogens with one attached hydrogen (secondary N) is 2. The maximum absolute atomic E-state index is 11.7. The van der Waals surface area contributed by atoms with Gasteiger partial charge in [-0.2, -0.15) is 0 Å². The minimum Gasteiger partial charge on any atom is -0.355 e. The summed E-state index contributed by atoms with van der Waals surface area (Å²) in [4.78, 5) is 16.0. The maximum Gasteiger partial charge on any atom is 0.236 e. The van der Waals surface area contributed by atoms with Crippen LogP contribution in [0.5, 0.6) is 0 Å². The number of unbranched alkanes of at least 4 members (excludes halogenated alkanes) is 1. The Bertz CT molecular complexity index is 379. The highest BCUT2D eigenvalue weighted by Gasteiger charge is 2.11. The lowest BCUT2D eigenvalue weighted by atomic mass is 10.2. The first-order valence-electron chi connectivity index (χ1n) is 6.56. The maximum atomic E-state index is 11.7. The van der Waals surface area contributed by atoms with Crippen molar-refractivity contribution in [1.82, 2.24) is 15.6 Å². The van der Waals surface area contributed by atoms with Crippen molar-refractivity contribution < 1.29 is 4.79 Å². The molecule has 1 amide bonds. The summed E-state index contributed by atoms with van der Waals surface area (Å²) in [5.41, 5.74) is 2.13. The molecule has 1 atom stereocenters. The summed E-state index contributed by atoms with van der Waals surface area (Å²) in [5, 5.41) is 6.10. The van der Waals surface area contributed by atoms with E-state index < -0.39 is 0 Å². The van der Waals surface area contributed by atoms with Crippen molar-refractivity contribution in [2.45, 2.75) is 46.2 Å². The Morgan fingerprint density at radius 1 is 1.50 bits per heavy atom. The van der Waals surface area contributed by atoms with E-state index in [2.05, 4.69) is 22.5 Å². The molecule has 100 valence electrons. The van der Waals surface area contributed by atoms with Crippen molar-refractivity contribution in [1.29, 1.82) is 0 Å². The fourth-order valence-corrected chi connectivity index (χ4v) is 1.59. The molecule has 0 saturated carbocycles. The van der Waals surface area contributed by atoms with E-state index in [1.165, 1.54) is 0 Å². The predicted octanol–water partition coefficient (Wildman–Crippen LogP) is 1.78. The lowest BCUT2D eigenvalue weighted by Crippen LogP contribution is -2.42. The van der Waals surface area contributed by atoms with E-state index >= 15 is 0 Å². The molecule has 0 saturated heterocycles. The summed E-state index contributed by atoms with van der Waals surface area (Å²) in [7, 11) is 0. The first-order valence-corrected chi connectivity index (χ1v) is 6.56. The van der Waals surface area contributed by atoms with Crippen molar-refractivity contribution in [3.05, 3.63) is 29.6 Å². The fraction of sp³-hybridized carbons (Fsp3) is 0.571. The molecule has 0 aliphatic heterocycles. The number of pyridine rings is 1. The third-order valence-corrected chi connectivity index (χ3v) is 2.92. The average molecular weight is 249 g/mol. The normalized spacial score (nSPS) is 12.2. The minimum absolute atomic E-state index is 0.0528. The number of carbonyl (C=O) groups is 1. The average Bonchev–Trinajstić information content (AvgIpc) is 2.37. The van der Waals surface area contributed by atoms with Gasteiger partial charge in [-0.3, -0.25) is 9.78 Å². The lowest BCUT2D eigenvalue weighted by Gasteiger charge is -2.14. The van der Waals surface area contributed by atoms with Crippen molar-refractivity contribution in [3.8, 4) is 0 Å². The summed E-state index contributed by atoms with van der Waals surface area (Å²) < 4.78 is 0. The first-order chi connectivity index (χ1) is 8.65. The molecule has 0 bridgehead atoms. The molecule has 0 aromatic carbocycles. The zero-order valence-electron chi connectivity index (χ0n) is 11.5. The number of amides is 1. The second kappa shape index (κ2) is 7.82. The Hall–Kier alpha value is -1.42. The fourth-order valence-electron chi connectivity index (χ4n) is 1.59. The van der Waals surface area contributed by atoms with Gasteiger partial charge in [0.1, 0.15) is 0 Å². The number of hydrogen-bond acceptors (Lipinski definition) is 3. The van der Waals surface area contributed by atoms with Crippen molar-refractivity contribution in [2.75, 3.05) is 6.54 Å². The van der Waals surface area contributed by atoms with E-state index in [1.54, 1.807) is 6.20 Å². The van der Waals surface area contributed by atoms with Gasteiger partial charge in [0, 0.05) is 19.3 Å². The largest absolute Gasteiger partial charge is 0.355 e. The Kier molecular flexibility index (Phi) is 6.36. The molecule has 18 heavy (non-hydrogen) atoms. The SMILES string of the molecule is CCCCNC(=O)C(C)NCc1ncccc1C. The molecule has 0 radical (unpaired) electrons. The number of hydrogen-bond donors (Lipinski definition) is 2. The van der Waals surface area contributed by atoms with Crippen molar-refractivity contribution >= 4 is 5.91 Å². The van der Waals surface area contributed by atoms with Crippen molar-refractivity contribution in [2.24, 2.45) is 0 Å². The van der Waals surface area contributed by atoms with Crippen LogP contribution in [0.2, 0.25) is 0 Å². The van der Waals surface area contributed by atoms with Gasteiger partial charge in [0.15, 0.2) is 0 Å². The van der Waals surface area contributed by atoms with Crippen LogP contribution in [0.15, 0.2) is 18.3 Å². The Morgan fingerprint density at radius 2 is 2.28 bits per heavy atom. The molecule has 1 rings (SSSR count). The first kappa shape index (κ1) is 14.6. The second-order valence-electron chi connectivity index (χ2n) is 4.51. The standard InChI is InChI=1S/C14H23N3O/c1-4-5-8-16-14(18)12(3)17-10-13-11(2)7-6-9-15-13/h6-7,9,12,17H,4-5,8,10H2,1-3H3,(H,16,18). The molecule has 0 fully saturated rings. The molecule has 4 nitrogen and oxygen atoms in total. The van der Waals surface area contributed by atoms with Crippen LogP contribution >= 0.6 is 0 Å². The molecular weight excluding hydrogens is 226 g/mol. The number of nitrogens with zero attached hydrogens (tertiary/aromatic N) is 1. The van der Waals surface area contributed by atoms with Crippen molar-refractivity contribution in [3.63, 3.8) is 0 Å². The monoisotopic (exact) mass is 249 g/mol. The number of aromatic nitrogens is 1. The van der Waals surface area contributed by atoms with Gasteiger partial charge in [0.2, 0.25) is 5.91 Å². The predicted molar refractivity (Wildman–Crippen MR) is 73.2 cm³/mol. The molecule has 1 unspecified atom stereocenters. The molecule has 1 heterocycles. The van der Waals surface area contributed by atoms with Crippen LogP contribution in [0, 0.1) is 6.92 Å². The van der Waals surface area contributed by atoms with E-state index in [1.807, 2.05) is 26.0 Å². The molecule has 1 aromatic rings. The summed E-state index contributed by atoms with van der Waals surface area (Å²) in [6, 6.07) is 3.75. The van der Waals surface area contributed by atoms with E-state index in [9.17, 15) is 4.79 Å². The van der Waals surface area contributed by atoms with Crippen LogP contribution in [-0.2, 0) is 11.3 Å². The van der Waals surface area contributed by atoms with Crippen LogP contribution in [0.25, 0.3) is 0 Å².